The van der Waals surface area contributed by atoms with Crippen LogP contribution in [0.15, 0.2) is 47.9 Å². The molecule has 0 saturated heterocycles. The summed E-state index contributed by atoms with van der Waals surface area (Å²) in [4.78, 5) is 25.2. The molecule has 216 valence electrons. The van der Waals surface area contributed by atoms with Gasteiger partial charge in [-0.1, -0.05) is 24.3 Å². The van der Waals surface area contributed by atoms with Gasteiger partial charge < -0.3 is 37.9 Å². The van der Waals surface area contributed by atoms with E-state index in [1.807, 2.05) is 36.4 Å². The lowest BCUT2D eigenvalue weighted by atomic mass is 9.65. The second kappa shape index (κ2) is 11.3. The van der Waals surface area contributed by atoms with Gasteiger partial charge in [0.05, 0.1) is 76.9 Å². The van der Waals surface area contributed by atoms with Crippen LogP contribution >= 0.6 is 0 Å². The van der Waals surface area contributed by atoms with Gasteiger partial charge >= 0.3 is 11.9 Å². The van der Waals surface area contributed by atoms with Crippen LogP contribution in [-0.4, -0.2) is 75.0 Å². The average molecular weight is 557 g/mol. The van der Waals surface area contributed by atoms with Gasteiger partial charge in [-0.05, 0) is 50.0 Å². The Morgan fingerprint density at radius 3 is 1.45 bits per heavy atom. The Kier molecular flexibility index (Phi) is 7.82. The molecule has 2 fully saturated rings. The Morgan fingerprint density at radius 2 is 1.02 bits per heavy atom. The van der Waals surface area contributed by atoms with Crippen LogP contribution in [0.3, 0.4) is 0 Å². The Labute approximate surface area is 233 Å². The highest BCUT2D eigenvalue weighted by Crippen LogP contribution is 2.50. The second-order valence-electron chi connectivity index (χ2n) is 11.0. The molecule has 4 aliphatic heterocycles. The molecule has 0 N–H and O–H groups in total. The van der Waals surface area contributed by atoms with Crippen LogP contribution in [0.4, 0.5) is 0 Å². The largest absolute Gasteiger partial charge is 0.431 e. The van der Waals surface area contributed by atoms with Crippen molar-refractivity contribution in [1.82, 2.24) is 0 Å². The summed E-state index contributed by atoms with van der Waals surface area (Å²) in [5, 5.41) is 0. The molecule has 40 heavy (non-hydrogen) atoms. The highest BCUT2D eigenvalue weighted by Gasteiger charge is 2.63. The number of hydrogen-bond acceptors (Lipinski definition) is 10. The first-order valence-corrected chi connectivity index (χ1v) is 14.0. The maximum Gasteiger partial charge on any atom is 0.317 e. The zero-order chi connectivity index (χ0) is 27.7. The molecule has 4 heterocycles. The maximum atomic E-state index is 12.6. The van der Waals surface area contributed by atoms with E-state index < -0.39 is 23.0 Å². The van der Waals surface area contributed by atoms with E-state index in [1.54, 1.807) is 13.8 Å². The molecular weight excluding hydrogens is 520 g/mol. The number of rotatable bonds is 0. The highest BCUT2D eigenvalue weighted by molar-refractivity contribution is 5.79. The van der Waals surface area contributed by atoms with Crippen molar-refractivity contribution in [2.24, 2.45) is 11.8 Å². The normalized spacial score (nSPS) is 37.1. The number of benzene rings is 1. The van der Waals surface area contributed by atoms with Crippen molar-refractivity contribution < 1.29 is 47.5 Å². The van der Waals surface area contributed by atoms with Crippen LogP contribution < -0.4 is 0 Å². The smallest absolute Gasteiger partial charge is 0.317 e. The van der Waals surface area contributed by atoms with Crippen molar-refractivity contribution in [2.45, 2.75) is 63.3 Å². The van der Waals surface area contributed by atoms with Gasteiger partial charge in [0, 0.05) is 0 Å². The number of allylic oxidation sites excluding steroid dienone is 2. The Bertz CT molecular complexity index is 1080. The highest BCUT2D eigenvalue weighted by atomic mass is 16.6. The molecule has 0 aromatic heterocycles. The van der Waals surface area contributed by atoms with E-state index in [-0.39, 0.29) is 24.1 Å². The molecule has 0 amide bonds. The minimum atomic E-state index is -0.867. The SMILES string of the molecule is CC1=C[C@]23OCc4ccc(cc4)CO[C@]45C=C(C)OC(=O)[C@H]4C[C@@H]5OCCOCCOCCO[C@H]2C[C@@H]3C(=O)O1. The third-order valence-electron chi connectivity index (χ3n) is 8.41. The van der Waals surface area contributed by atoms with Gasteiger partial charge in [0.15, 0.2) is 0 Å². The van der Waals surface area contributed by atoms with E-state index in [4.69, 9.17) is 37.9 Å². The first kappa shape index (κ1) is 27.6. The predicted octanol–water partition coefficient (Wildman–Crippen LogP) is 2.98. The lowest BCUT2D eigenvalue weighted by Crippen LogP contribution is -2.65. The molecule has 0 radical (unpaired) electrons. The van der Waals surface area contributed by atoms with Crippen LogP contribution in [0.1, 0.15) is 37.8 Å². The zero-order valence-electron chi connectivity index (χ0n) is 22.9. The van der Waals surface area contributed by atoms with E-state index in [1.165, 1.54) is 0 Å². The summed E-state index contributed by atoms with van der Waals surface area (Å²) in [6, 6.07) is 7.92. The Balaban J connectivity index is 1.19. The van der Waals surface area contributed by atoms with Crippen LogP contribution in [-0.2, 0) is 60.7 Å². The van der Waals surface area contributed by atoms with Gasteiger partial charge in [0.25, 0.3) is 0 Å². The minimum absolute atomic E-state index is 0.274. The summed E-state index contributed by atoms with van der Waals surface area (Å²) in [5.41, 5.74) is 0.176. The second-order valence-corrected chi connectivity index (χ2v) is 11.0. The van der Waals surface area contributed by atoms with Crippen LogP contribution in [0.25, 0.3) is 0 Å². The zero-order valence-corrected chi connectivity index (χ0v) is 22.9. The number of esters is 2. The summed E-state index contributed by atoms with van der Waals surface area (Å²) in [7, 11) is 0. The standard InChI is InChI=1S/C30H36O10/c1-19-15-29-23(27(31)39-19)13-25(29)35-11-9-33-7-8-34-10-12-36-26-14-24-28(32)40-20(2)16-30(24,26)38-18-22-5-3-21(4-6-22)17-37-29/h3-6,15-16,23-26H,7-14,17-18H2,1-2H3/t23-,24-,25+,26+,29-,30-/m1/s1. The molecule has 7 rings (SSSR count). The lowest BCUT2D eigenvalue weighted by molar-refractivity contribution is -0.236. The molecule has 10 nitrogen and oxygen atoms in total. The van der Waals surface area contributed by atoms with Crippen LogP contribution in [0.2, 0.25) is 0 Å². The van der Waals surface area contributed by atoms with Gasteiger partial charge in [0.1, 0.15) is 22.7 Å². The van der Waals surface area contributed by atoms with E-state index in [0.29, 0.717) is 77.2 Å². The van der Waals surface area contributed by atoms with Gasteiger partial charge in [0.2, 0.25) is 0 Å². The monoisotopic (exact) mass is 556 g/mol. The first-order valence-electron chi connectivity index (χ1n) is 14.0. The summed E-state index contributed by atoms with van der Waals surface area (Å²) in [5.74, 6) is -0.343. The molecule has 0 unspecified atom stereocenters. The summed E-state index contributed by atoms with van der Waals surface area (Å²) >= 11 is 0. The fraction of sp³-hybridized carbons (Fsp3) is 0.600. The summed E-state index contributed by atoms with van der Waals surface area (Å²) < 4.78 is 47.1. The van der Waals surface area contributed by atoms with Gasteiger partial charge in [-0.25, -0.2) is 0 Å². The van der Waals surface area contributed by atoms with Crippen LogP contribution in [0, 0.1) is 11.8 Å². The Morgan fingerprint density at radius 1 is 0.625 bits per heavy atom. The fourth-order valence-corrected chi connectivity index (χ4v) is 6.23. The average Bonchev–Trinajstić information content (AvgIpc) is 2.90. The molecule has 2 bridgehead atoms. The molecule has 6 atom stereocenters. The van der Waals surface area contributed by atoms with Crippen molar-refractivity contribution in [3.63, 3.8) is 0 Å². The first-order chi connectivity index (χ1) is 19.4. The topological polar surface area (TPSA) is 108 Å². The van der Waals surface area contributed by atoms with E-state index in [9.17, 15) is 9.59 Å². The fourth-order valence-electron chi connectivity index (χ4n) is 6.23. The number of hydrogen-bond donors (Lipinski definition) is 0. The van der Waals surface area contributed by atoms with Crippen molar-refractivity contribution in [1.29, 1.82) is 0 Å². The lowest BCUT2D eigenvalue weighted by Gasteiger charge is -2.53. The molecule has 2 spiro atoms. The third-order valence-corrected chi connectivity index (χ3v) is 8.41. The maximum absolute atomic E-state index is 12.6. The van der Waals surface area contributed by atoms with E-state index in [2.05, 4.69) is 0 Å². The summed E-state index contributed by atoms with van der Waals surface area (Å²) in [6.45, 7) is 6.52. The molecule has 6 aliphatic rings. The summed E-state index contributed by atoms with van der Waals surface area (Å²) in [6.07, 6.45) is 4.27. The quantitative estimate of drug-likeness (QED) is 0.350. The number of cyclic esters (lactones) is 2. The van der Waals surface area contributed by atoms with Crippen molar-refractivity contribution in [2.75, 3.05) is 39.6 Å². The minimum Gasteiger partial charge on any atom is -0.431 e. The van der Waals surface area contributed by atoms with Gasteiger partial charge in [-0.3, -0.25) is 9.59 Å². The molecule has 10 heteroatoms. The molecule has 1 aromatic rings. The van der Waals surface area contributed by atoms with E-state index in [0.717, 1.165) is 11.1 Å². The predicted molar refractivity (Wildman–Crippen MR) is 139 cm³/mol. The molecule has 1 aromatic carbocycles. The van der Waals surface area contributed by atoms with Crippen molar-refractivity contribution >= 4 is 11.9 Å². The molecule has 2 aliphatic carbocycles. The van der Waals surface area contributed by atoms with Crippen molar-refractivity contribution in [3.8, 4) is 0 Å². The number of carbonyl (C=O) groups is 2. The van der Waals surface area contributed by atoms with Gasteiger partial charge in [-0.2, -0.15) is 0 Å². The Hall–Kier alpha value is -2.60. The van der Waals surface area contributed by atoms with Crippen LogP contribution in [0.5, 0.6) is 0 Å². The number of carbonyl (C=O) groups excluding carboxylic acids is 2. The van der Waals surface area contributed by atoms with Gasteiger partial charge in [-0.15, -0.1) is 0 Å². The molecular formula is C30H36O10. The third kappa shape index (κ3) is 5.13. The van der Waals surface area contributed by atoms with E-state index >= 15 is 0 Å². The number of ether oxygens (including phenoxy) is 8. The molecule has 2 saturated carbocycles. The van der Waals surface area contributed by atoms with Crippen molar-refractivity contribution in [3.05, 3.63) is 59.1 Å². The number of fused-ring (bicyclic) bond motifs is 13.